The van der Waals surface area contributed by atoms with Crippen LogP contribution >= 0.6 is 0 Å². The molecule has 1 atom stereocenters. The zero-order valence-corrected chi connectivity index (χ0v) is 16.1. The van der Waals surface area contributed by atoms with Gasteiger partial charge in [0.05, 0.1) is 11.2 Å². The van der Waals surface area contributed by atoms with Gasteiger partial charge in [-0.2, -0.15) is 13.2 Å². The second kappa shape index (κ2) is 7.63. The summed E-state index contributed by atoms with van der Waals surface area (Å²) in [7, 11) is 0. The number of ether oxygens (including phenoxy) is 1. The first-order chi connectivity index (χ1) is 13.8. The maximum atomic E-state index is 12.9. The molecule has 2 amide bonds. The zero-order valence-electron chi connectivity index (χ0n) is 16.1. The van der Waals surface area contributed by atoms with Gasteiger partial charge in [0.15, 0.2) is 0 Å². The minimum Gasteiger partial charge on any atom is -0.362 e. The number of carbonyl (C=O) groups is 2. The van der Waals surface area contributed by atoms with E-state index in [9.17, 15) is 22.8 Å². The van der Waals surface area contributed by atoms with Gasteiger partial charge in [-0.15, -0.1) is 0 Å². The predicted molar refractivity (Wildman–Crippen MR) is 99.2 cm³/mol. The lowest BCUT2D eigenvalue weighted by Gasteiger charge is -2.39. The van der Waals surface area contributed by atoms with Gasteiger partial charge in [0.1, 0.15) is 6.10 Å². The number of carbonyl (C=O) groups excluding carboxylic acids is 2. The lowest BCUT2D eigenvalue weighted by molar-refractivity contribution is -0.140. The summed E-state index contributed by atoms with van der Waals surface area (Å²) in [6.07, 6.45) is 0.0257. The molecule has 1 spiro atoms. The standard InChI is InChI=1S/C21H25F3N2O3/c22-21(23,24)16-3-1-2-15(12-16)19(28)26-10-8-20(9-11-26)7-6-17(29-20)18(27)25-13-14-4-5-14/h1-3,12,14,17H,4-11,13H2,(H,25,27). The van der Waals surface area contributed by atoms with Crippen LogP contribution in [0.3, 0.4) is 0 Å². The molecule has 1 N–H and O–H groups in total. The van der Waals surface area contributed by atoms with Crippen molar-refractivity contribution >= 4 is 11.8 Å². The third-order valence-electron chi connectivity index (χ3n) is 6.21. The van der Waals surface area contributed by atoms with Crippen molar-refractivity contribution in [3.8, 4) is 0 Å². The normalized spacial score (nSPS) is 24.0. The van der Waals surface area contributed by atoms with Crippen molar-refractivity contribution in [3.05, 3.63) is 35.4 Å². The fraction of sp³-hybridized carbons (Fsp3) is 0.619. The Morgan fingerprint density at radius 1 is 1.14 bits per heavy atom. The number of piperidine rings is 1. The SMILES string of the molecule is O=C(NCC1CC1)C1CCC2(CCN(C(=O)c3cccc(C(F)(F)F)c3)CC2)O1. The molecule has 1 aromatic carbocycles. The smallest absolute Gasteiger partial charge is 0.362 e. The van der Waals surface area contributed by atoms with Gasteiger partial charge in [0.25, 0.3) is 5.91 Å². The number of nitrogens with zero attached hydrogens (tertiary/aromatic N) is 1. The van der Waals surface area contributed by atoms with Crippen molar-refractivity contribution < 1.29 is 27.5 Å². The average molecular weight is 410 g/mol. The zero-order chi connectivity index (χ0) is 20.6. The van der Waals surface area contributed by atoms with Crippen LogP contribution in [-0.4, -0.2) is 48.1 Å². The summed E-state index contributed by atoms with van der Waals surface area (Å²) in [5, 5.41) is 2.95. The Labute approximate surface area is 167 Å². The molecular formula is C21H25F3N2O3. The second-order valence-electron chi connectivity index (χ2n) is 8.39. The summed E-state index contributed by atoms with van der Waals surface area (Å²) in [5.74, 6) is 0.151. The monoisotopic (exact) mass is 410 g/mol. The van der Waals surface area contributed by atoms with Crippen LogP contribution in [-0.2, 0) is 15.7 Å². The molecule has 0 aromatic heterocycles. The van der Waals surface area contributed by atoms with Crippen LogP contribution in [0.4, 0.5) is 13.2 Å². The number of hydrogen-bond donors (Lipinski definition) is 1. The predicted octanol–water partition coefficient (Wildman–Crippen LogP) is 3.39. The summed E-state index contributed by atoms with van der Waals surface area (Å²) < 4.78 is 44.8. The van der Waals surface area contributed by atoms with Gasteiger partial charge in [-0.05, 0) is 62.6 Å². The number of rotatable bonds is 4. The van der Waals surface area contributed by atoms with E-state index in [0.717, 1.165) is 18.6 Å². The summed E-state index contributed by atoms with van der Waals surface area (Å²) in [4.78, 5) is 26.5. The number of amides is 2. The molecule has 2 heterocycles. The Balaban J connectivity index is 1.32. The van der Waals surface area contributed by atoms with Gasteiger partial charge in [-0.1, -0.05) is 6.07 Å². The molecule has 158 valence electrons. The molecule has 1 aromatic rings. The summed E-state index contributed by atoms with van der Waals surface area (Å²) in [6.45, 7) is 1.53. The maximum absolute atomic E-state index is 12.9. The van der Waals surface area contributed by atoms with E-state index in [1.165, 1.54) is 25.0 Å². The van der Waals surface area contributed by atoms with Gasteiger partial charge in [-0.3, -0.25) is 9.59 Å². The Hall–Kier alpha value is -2.09. The van der Waals surface area contributed by atoms with Gasteiger partial charge in [-0.25, -0.2) is 0 Å². The van der Waals surface area contributed by atoms with Gasteiger partial charge in [0, 0.05) is 25.2 Å². The van der Waals surface area contributed by atoms with Crippen LogP contribution in [0.15, 0.2) is 24.3 Å². The molecule has 2 aliphatic heterocycles. The molecule has 1 unspecified atom stereocenters. The second-order valence-corrected chi connectivity index (χ2v) is 8.39. The lowest BCUT2D eigenvalue weighted by atomic mass is 9.88. The third kappa shape index (κ3) is 4.57. The molecular weight excluding hydrogens is 385 g/mol. The summed E-state index contributed by atoms with van der Waals surface area (Å²) >= 11 is 0. The molecule has 3 aliphatic rings. The van der Waals surface area contributed by atoms with Crippen LogP contribution in [0, 0.1) is 5.92 Å². The molecule has 1 saturated carbocycles. The molecule has 1 aliphatic carbocycles. The number of alkyl halides is 3. The lowest BCUT2D eigenvalue weighted by Crippen LogP contribution is -2.47. The van der Waals surface area contributed by atoms with Crippen molar-refractivity contribution in [3.63, 3.8) is 0 Å². The first kappa shape index (κ1) is 20.2. The highest BCUT2D eigenvalue weighted by atomic mass is 19.4. The molecule has 2 saturated heterocycles. The van der Waals surface area contributed by atoms with Crippen molar-refractivity contribution in [2.45, 2.75) is 56.4 Å². The first-order valence-electron chi connectivity index (χ1n) is 10.2. The Morgan fingerprint density at radius 3 is 2.52 bits per heavy atom. The summed E-state index contributed by atoms with van der Waals surface area (Å²) in [6, 6.07) is 4.53. The molecule has 0 radical (unpaired) electrons. The topological polar surface area (TPSA) is 58.6 Å². The van der Waals surface area contributed by atoms with Crippen molar-refractivity contribution in [2.24, 2.45) is 5.92 Å². The fourth-order valence-electron chi connectivity index (χ4n) is 4.18. The van der Waals surface area contributed by atoms with E-state index >= 15 is 0 Å². The molecule has 0 bridgehead atoms. The third-order valence-corrected chi connectivity index (χ3v) is 6.21. The number of halogens is 3. The van der Waals surface area contributed by atoms with E-state index in [1.807, 2.05) is 0 Å². The van der Waals surface area contributed by atoms with Crippen LogP contribution < -0.4 is 5.32 Å². The van der Waals surface area contributed by atoms with Gasteiger partial charge >= 0.3 is 6.18 Å². The molecule has 8 heteroatoms. The minimum atomic E-state index is -4.48. The summed E-state index contributed by atoms with van der Waals surface area (Å²) in [5.41, 5.74) is -1.19. The van der Waals surface area contributed by atoms with E-state index in [1.54, 1.807) is 4.90 Å². The minimum absolute atomic E-state index is 0.0421. The van der Waals surface area contributed by atoms with Crippen LogP contribution in [0.5, 0.6) is 0 Å². The molecule has 3 fully saturated rings. The van der Waals surface area contributed by atoms with E-state index in [2.05, 4.69) is 5.32 Å². The maximum Gasteiger partial charge on any atom is 0.416 e. The van der Waals surface area contributed by atoms with E-state index in [0.29, 0.717) is 44.8 Å². The van der Waals surface area contributed by atoms with Gasteiger partial charge in [0.2, 0.25) is 5.91 Å². The van der Waals surface area contributed by atoms with E-state index in [-0.39, 0.29) is 11.5 Å². The van der Waals surface area contributed by atoms with Crippen molar-refractivity contribution in [2.75, 3.05) is 19.6 Å². The highest BCUT2D eigenvalue weighted by Crippen LogP contribution is 2.39. The average Bonchev–Trinajstić information content (AvgIpc) is 3.45. The van der Waals surface area contributed by atoms with Crippen molar-refractivity contribution in [1.29, 1.82) is 0 Å². The number of hydrogen-bond acceptors (Lipinski definition) is 3. The quantitative estimate of drug-likeness (QED) is 0.828. The van der Waals surface area contributed by atoms with Crippen LogP contribution in [0.2, 0.25) is 0 Å². The molecule has 5 nitrogen and oxygen atoms in total. The Kier molecular flexibility index (Phi) is 5.31. The largest absolute Gasteiger partial charge is 0.416 e. The molecule has 4 rings (SSSR count). The number of benzene rings is 1. The Bertz CT molecular complexity index is 784. The van der Waals surface area contributed by atoms with Crippen LogP contribution in [0.25, 0.3) is 0 Å². The highest BCUT2D eigenvalue weighted by molar-refractivity contribution is 5.94. The molecule has 29 heavy (non-hydrogen) atoms. The number of nitrogens with one attached hydrogen (secondary N) is 1. The van der Waals surface area contributed by atoms with Gasteiger partial charge < -0.3 is 15.0 Å². The first-order valence-corrected chi connectivity index (χ1v) is 10.2. The van der Waals surface area contributed by atoms with Crippen molar-refractivity contribution in [1.82, 2.24) is 10.2 Å². The van der Waals surface area contributed by atoms with E-state index < -0.39 is 29.4 Å². The number of likely N-dealkylation sites (tertiary alicyclic amines) is 1. The highest BCUT2D eigenvalue weighted by Gasteiger charge is 2.45. The fourth-order valence-corrected chi connectivity index (χ4v) is 4.18. The van der Waals surface area contributed by atoms with E-state index in [4.69, 9.17) is 4.74 Å². The Morgan fingerprint density at radius 2 is 1.86 bits per heavy atom. The van der Waals surface area contributed by atoms with Crippen LogP contribution in [0.1, 0.15) is 54.4 Å².